The van der Waals surface area contributed by atoms with E-state index < -0.39 is 12.1 Å². The van der Waals surface area contributed by atoms with Gasteiger partial charge >= 0.3 is 12.1 Å². The summed E-state index contributed by atoms with van der Waals surface area (Å²) in [6.45, 7) is 4.20. The molecular formula is C26H25F3N6O2. The highest BCUT2D eigenvalue weighted by molar-refractivity contribution is 5.73. The van der Waals surface area contributed by atoms with Crippen LogP contribution in [0, 0.1) is 0 Å². The van der Waals surface area contributed by atoms with Crippen LogP contribution in [0.3, 0.4) is 0 Å². The van der Waals surface area contributed by atoms with Crippen LogP contribution in [-0.4, -0.2) is 75.3 Å². The van der Waals surface area contributed by atoms with E-state index in [4.69, 9.17) is 9.90 Å². The second-order valence-corrected chi connectivity index (χ2v) is 8.47. The standard InChI is InChI=1S/C24H24N6.C2HF3O2/c1-29-9-11-30(12-10-29)21-13-20(15-25-16-21)19-7-8-26-22(14-19)24-27-17-23(28-24)18-5-3-2-4-6-18;3-2(4,5)1(6)7/h2-8,13-17H,9-12H2,1H3,(H,27,28);(H,6,7). The van der Waals surface area contributed by atoms with E-state index in [-0.39, 0.29) is 0 Å². The first-order valence-electron chi connectivity index (χ1n) is 11.5. The fourth-order valence-electron chi connectivity index (χ4n) is 3.78. The van der Waals surface area contributed by atoms with E-state index in [1.807, 2.05) is 49.1 Å². The molecule has 1 fully saturated rings. The number of aromatic amines is 1. The number of benzene rings is 1. The largest absolute Gasteiger partial charge is 0.490 e. The Balaban J connectivity index is 0.000000405. The van der Waals surface area contributed by atoms with Gasteiger partial charge in [-0.3, -0.25) is 9.97 Å². The van der Waals surface area contributed by atoms with E-state index in [0.29, 0.717) is 0 Å². The Morgan fingerprint density at radius 2 is 1.62 bits per heavy atom. The van der Waals surface area contributed by atoms with Crippen LogP contribution in [0.4, 0.5) is 18.9 Å². The third-order valence-corrected chi connectivity index (χ3v) is 5.83. The quantitative estimate of drug-likeness (QED) is 0.415. The number of hydrogen-bond acceptors (Lipinski definition) is 6. The number of rotatable bonds is 4. The maximum atomic E-state index is 10.6. The number of nitrogens with zero attached hydrogens (tertiary/aromatic N) is 5. The summed E-state index contributed by atoms with van der Waals surface area (Å²) in [5.41, 5.74) is 6.25. The van der Waals surface area contributed by atoms with Gasteiger partial charge in [-0.2, -0.15) is 13.2 Å². The second-order valence-electron chi connectivity index (χ2n) is 8.47. The zero-order chi connectivity index (χ0) is 26.4. The van der Waals surface area contributed by atoms with Gasteiger partial charge in [0.2, 0.25) is 0 Å². The molecule has 1 aliphatic rings. The first-order valence-corrected chi connectivity index (χ1v) is 11.5. The second kappa shape index (κ2) is 11.2. The van der Waals surface area contributed by atoms with Gasteiger partial charge in [0.05, 0.1) is 23.8 Å². The molecule has 1 aromatic carbocycles. The Labute approximate surface area is 211 Å². The number of aliphatic carboxylic acids is 1. The Morgan fingerprint density at radius 3 is 2.30 bits per heavy atom. The summed E-state index contributed by atoms with van der Waals surface area (Å²) < 4.78 is 31.7. The van der Waals surface area contributed by atoms with Gasteiger partial charge in [0.15, 0.2) is 5.82 Å². The van der Waals surface area contributed by atoms with Crippen molar-refractivity contribution in [1.82, 2.24) is 24.8 Å². The van der Waals surface area contributed by atoms with Crippen LogP contribution in [0.5, 0.6) is 0 Å². The molecule has 1 aliphatic heterocycles. The van der Waals surface area contributed by atoms with Gasteiger partial charge in [0.25, 0.3) is 0 Å². The molecule has 0 atom stereocenters. The first-order chi connectivity index (χ1) is 17.7. The van der Waals surface area contributed by atoms with Gasteiger partial charge in [-0.25, -0.2) is 9.78 Å². The van der Waals surface area contributed by atoms with E-state index in [1.165, 1.54) is 5.69 Å². The maximum Gasteiger partial charge on any atom is 0.490 e. The normalized spacial score (nSPS) is 14.1. The van der Waals surface area contributed by atoms with Crippen molar-refractivity contribution >= 4 is 11.7 Å². The van der Waals surface area contributed by atoms with E-state index in [2.05, 4.69) is 61.0 Å². The Bertz CT molecular complexity index is 1340. The molecule has 0 unspecified atom stereocenters. The zero-order valence-corrected chi connectivity index (χ0v) is 20.0. The number of carboxylic acid groups (broad SMARTS) is 1. The lowest BCUT2D eigenvalue weighted by Gasteiger charge is -2.34. The van der Waals surface area contributed by atoms with Crippen LogP contribution in [0.2, 0.25) is 0 Å². The topological polar surface area (TPSA) is 98.2 Å². The van der Waals surface area contributed by atoms with Crippen LogP contribution < -0.4 is 4.90 Å². The zero-order valence-electron chi connectivity index (χ0n) is 20.0. The number of alkyl halides is 3. The molecule has 37 heavy (non-hydrogen) atoms. The molecule has 11 heteroatoms. The van der Waals surface area contributed by atoms with Gasteiger partial charge in [0, 0.05) is 44.1 Å². The highest BCUT2D eigenvalue weighted by Crippen LogP contribution is 2.27. The van der Waals surface area contributed by atoms with Crippen molar-refractivity contribution in [3.8, 4) is 33.9 Å². The van der Waals surface area contributed by atoms with Gasteiger partial charge in [-0.15, -0.1) is 0 Å². The number of nitrogens with one attached hydrogen (secondary N) is 1. The summed E-state index contributed by atoms with van der Waals surface area (Å²) in [5, 5.41) is 7.12. The summed E-state index contributed by atoms with van der Waals surface area (Å²) in [4.78, 5) is 30.6. The molecule has 0 bridgehead atoms. The van der Waals surface area contributed by atoms with E-state index in [1.54, 1.807) is 0 Å². The fraction of sp³-hybridized carbons (Fsp3) is 0.231. The lowest BCUT2D eigenvalue weighted by molar-refractivity contribution is -0.192. The molecule has 192 valence electrons. The molecule has 2 N–H and O–H groups in total. The minimum absolute atomic E-state index is 0.763. The smallest absolute Gasteiger partial charge is 0.475 e. The highest BCUT2D eigenvalue weighted by atomic mass is 19.4. The minimum Gasteiger partial charge on any atom is -0.475 e. The number of anilines is 1. The molecule has 5 rings (SSSR count). The molecule has 8 nitrogen and oxygen atoms in total. The SMILES string of the molecule is CN1CCN(c2cncc(-c3ccnc(-c4ncc(-c5ccccc5)[nH]4)c3)c2)CC1.O=C(O)C(F)(F)F. The number of halogens is 3. The molecule has 0 radical (unpaired) electrons. The molecule has 0 amide bonds. The van der Waals surface area contributed by atoms with Crippen molar-refractivity contribution in [2.75, 3.05) is 38.1 Å². The summed E-state index contributed by atoms with van der Waals surface area (Å²) in [6.07, 6.45) is 2.47. The molecule has 0 aliphatic carbocycles. The third-order valence-electron chi connectivity index (χ3n) is 5.83. The third kappa shape index (κ3) is 6.70. The number of carboxylic acids is 1. The minimum atomic E-state index is -5.08. The average Bonchev–Trinajstić information content (AvgIpc) is 3.40. The molecule has 4 heterocycles. The fourth-order valence-corrected chi connectivity index (χ4v) is 3.78. The summed E-state index contributed by atoms with van der Waals surface area (Å²) >= 11 is 0. The predicted molar refractivity (Wildman–Crippen MR) is 134 cm³/mol. The van der Waals surface area contributed by atoms with Crippen LogP contribution in [0.1, 0.15) is 0 Å². The van der Waals surface area contributed by atoms with Crippen molar-refractivity contribution in [2.24, 2.45) is 0 Å². The van der Waals surface area contributed by atoms with Crippen molar-refractivity contribution < 1.29 is 23.1 Å². The summed E-state index contributed by atoms with van der Waals surface area (Å²) in [7, 11) is 2.17. The first kappa shape index (κ1) is 25.8. The Morgan fingerprint density at radius 1 is 0.919 bits per heavy atom. The number of H-pyrrole nitrogens is 1. The van der Waals surface area contributed by atoms with Gasteiger partial charge in [-0.05, 0) is 36.4 Å². The highest BCUT2D eigenvalue weighted by Gasteiger charge is 2.38. The van der Waals surface area contributed by atoms with Gasteiger partial charge in [0.1, 0.15) is 5.69 Å². The molecule has 4 aromatic rings. The van der Waals surface area contributed by atoms with Gasteiger partial charge in [-0.1, -0.05) is 30.3 Å². The number of aromatic nitrogens is 4. The monoisotopic (exact) mass is 510 g/mol. The van der Waals surface area contributed by atoms with Crippen molar-refractivity contribution in [2.45, 2.75) is 6.18 Å². The number of imidazole rings is 1. The summed E-state index contributed by atoms with van der Waals surface area (Å²) in [5.74, 6) is -1.99. The van der Waals surface area contributed by atoms with Gasteiger partial charge < -0.3 is 19.9 Å². The van der Waals surface area contributed by atoms with Crippen LogP contribution >= 0.6 is 0 Å². The maximum absolute atomic E-state index is 10.6. The van der Waals surface area contributed by atoms with Crippen LogP contribution in [-0.2, 0) is 4.79 Å². The van der Waals surface area contributed by atoms with Crippen molar-refractivity contribution in [3.05, 3.63) is 73.3 Å². The molecule has 3 aromatic heterocycles. The van der Waals surface area contributed by atoms with E-state index in [9.17, 15) is 13.2 Å². The van der Waals surface area contributed by atoms with Crippen molar-refractivity contribution in [3.63, 3.8) is 0 Å². The summed E-state index contributed by atoms with van der Waals surface area (Å²) in [6, 6.07) is 16.5. The number of carbonyl (C=O) groups is 1. The Kier molecular flexibility index (Phi) is 7.83. The van der Waals surface area contributed by atoms with Crippen LogP contribution in [0.25, 0.3) is 33.9 Å². The number of piperazine rings is 1. The number of hydrogen-bond donors (Lipinski definition) is 2. The number of pyridine rings is 2. The lowest BCUT2D eigenvalue weighted by Crippen LogP contribution is -2.44. The molecule has 1 saturated heterocycles. The average molecular weight is 511 g/mol. The van der Waals surface area contributed by atoms with Crippen molar-refractivity contribution in [1.29, 1.82) is 0 Å². The predicted octanol–water partition coefficient (Wildman–Crippen LogP) is 4.59. The lowest BCUT2D eigenvalue weighted by atomic mass is 10.1. The number of likely N-dealkylation sites (N-methyl/N-ethyl adjacent to an activating group) is 1. The molecule has 0 spiro atoms. The molecule has 0 saturated carbocycles. The van der Waals surface area contributed by atoms with E-state index in [0.717, 1.165) is 60.1 Å². The molecular weight excluding hydrogens is 485 g/mol. The van der Waals surface area contributed by atoms with Crippen LogP contribution in [0.15, 0.2) is 73.3 Å². The van der Waals surface area contributed by atoms with E-state index >= 15 is 0 Å². The Hall–Kier alpha value is -4.25.